The van der Waals surface area contributed by atoms with E-state index in [1.54, 1.807) is 47.4 Å². The number of anilines is 1. The van der Waals surface area contributed by atoms with E-state index in [4.69, 9.17) is 14.2 Å². The molecular weight excluding hydrogens is 310 g/mol. The molecule has 1 fully saturated rings. The van der Waals surface area contributed by atoms with Crippen LogP contribution in [-0.4, -0.2) is 25.2 Å². The van der Waals surface area contributed by atoms with Crippen LogP contribution in [0, 0.1) is 0 Å². The van der Waals surface area contributed by atoms with Gasteiger partial charge in [0.25, 0.3) is 0 Å². The molecule has 2 heterocycles. The molecule has 0 saturated carbocycles. The zero-order valence-corrected chi connectivity index (χ0v) is 12.9. The molecule has 0 atom stereocenters. The Bertz CT molecular complexity index is 817. The maximum Gasteiger partial charge on any atom is 0.345 e. The summed E-state index contributed by atoms with van der Waals surface area (Å²) in [5.74, 6) is 1.05. The molecule has 2 aromatic carbocycles. The highest BCUT2D eigenvalue weighted by atomic mass is 16.7. The Hall–Kier alpha value is -3.02. The van der Waals surface area contributed by atoms with E-state index in [2.05, 4.69) is 0 Å². The Labute approximate surface area is 138 Å². The molecule has 0 spiro atoms. The predicted octanol–water partition coefficient (Wildman–Crippen LogP) is 2.76. The van der Waals surface area contributed by atoms with Gasteiger partial charge < -0.3 is 19.1 Å². The van der Waals surface area contributed by atoms with Crippen LogP contribution in [0.4, 0.5) is 5.69 Å². The lowest BCUT2D eigenvalue weighted by atomic mass is 10.1. The quantitative estimate of drug-likeness (QED) is 0.641. The summed E-state index contributed by atoms with van der Waals surface area (Å²) in [5, 5.41) is 0. The third kappa shape index (κ3) is 2.56. The molecule has 0 aliphatic carbocycles. The Morgan fingerprint density at radius 2 is 1.92 bits per heavy atom. The Morgan fingerprint density at radius 1 is 1.08 bits per heavy atom. The fourth-order valence-corrected chi connectivity index (χ4v) is 2.89. The molecule has 1 saturated heterocycles. The van der Waals surface area contributed by atoms with Gasteiger partial charge in [0.05, 0.1) is 11.3 Å². The van der Waals surface area contributed by atoms with Crippen LogP contribution >= 0.6 is 0 Å². The maximum absolute atomic E-state index is 12.6. The van der Waals surface area contributed by atoms with Gasteiger partial charge in [-0.15, -0.1) is 0 Å². The molecule has 1 amide bonds. The first-order chi connectivity index (χ1) is 11.7. The summed E-state index contributed by atoms with van der Waals surface area (Å²) in [6.45, 7) is 0.778. The summed E-state index contributed by atoms with van der Waals surface area (Å²) in [6, 6.07) is 11.9. The highest BCUT2D eigenvalue weighted by Crippen LogP contribution is 2.35. The van der Waals surface area contributed by atoms with Crippen LogP contribution in [0.5, 0.6) is 17.2 Å². The molecule has 6 nitrogen and oxygen atoms in total. The van der Waals surface area contributed by atoms with Crippen molar-refractivity contribution in [3.63, 3.8) is 0 Å². The minimum absolute atomic E-state index is 0.0262. The first-order valence-electron chi connectivity index (χ1n) is 7.73. The average molecular weight is 325 g/mol. The van der Waals surface area contributed by atoms with E-state index in [1.165, 1.54) is 0 Å². The van der Waals surface area contributed by atoms with Crippen molar-refractivity contribution in [2.24, 2.45) is 0 Å². The van der Waals surface area contributed by atoms with Crippen molar-refractivity contribution in [3.05, 3.63) is 48.0 Å². The Morgan fingerprint density at radius 3 is 2.75 bits per heavy atom. The minimum atomic E-state index is -0.510. The lowest BCUT2D eigenvalue weighted by Gasteiger charge is -2.18. The number of benzene rings is 2. The summed E-state index contributed by atoms with van der Waals surface area (Å²) in [6.07, 6.45) is 1.30. The second-order valence-corrected chi connectivity index (χ2v) is 5.57. The molecular formula is C18H15NO5. The van der Waals surface area contributed by atoms with Crippen molar-refractivity contribution in [1.82, 2.24) is 0 Å². The summed E-state index contributed by atoms with van der Waals surface area (Å²) in [4.78, 5) is 26.2. The summed E-state index contributed by atoms with van der Waals surface area (Å²) < 4.78 is 16.0. The van der Waals surface area contributed by atoms with E-state index in [-0.39, 0.29) is 12.7 Å². The van der Waals surface area contributed by atoms with Crippen LogP contribution in [0.1, 0.15) is 23.2 Å². The van der Waals surface area contributed by atoms with Crippen molar-refractivity contribution in [2.45, 2.75) is 12.8 Å². The summed E-state index contributed by atoms with van der Waals surface area (Å²) >= 11 is 0. The number of carbonyl (C=O) groups excluding carboxylic acids is 2. The summed E-state index contributed by atoms with van der Waals surface area (Å²) in [5.41, 5.74) is 0.955. The number of ether oxygens (including phenoxy) is 3. The number of amides is 1. The lowest BCUT2D eigenvalue weighted by Crippen LogP contribution is -2.26. The molecule has 6 heteroatoms. The van der Waals surface area contributed by atoms with Gasteiger partial charge in [0.15, 0.2) is 11.5 Å². The van der Waals surface area contributed by atoms with E-state index < -0.39 is 5.97 Å². The average Bonchev–Trinajstić information content (AvgIpc) is 3.23. The van der Waals surface area contributed by atoms with Crippen molar-refractivity contribution < 1.29 is 23.8 Å². The van der Waals surface area contributed by atoms with Crippen LogP contribution in [-0.2, 0) is 4.79 Å². The first kappa shape index (κ1) is 14.6. The monoisotopic (exact) mass is 325 g/mol. The van der Waals surface area contributed by atoms with Gasteiger partial charge in [0, 0.05) is 19.0 Å². The Kier molecular flexibility index (Phi) is 3.57. The second kappa shape index (κ2) is 5.88. The number of carbonyl (C=O) groups is 2. The van der Waals surface area contributed by atoms with Gasteiger partial charge in [-0.05, 0) is 30.7 Å². The van der Waals surface area contributed by atoms with Crippen molar-refractivity contribution >= 4 is 17.6 Å². The van der Waals surface area contributed by atoms with E-state index in [9.17, 15) is 9.59 Å². The molecule has 24 heavy (non-hydrogen) atoms. The standard InChI is InChI=1S/C18H15NO5/c20-17-6-3-9-19(17)14-5-2-1-4-13(14)18(21)24-12-7-8-15-16(10-12)23-11-22-15/h1-2,4-5,7-8,10H,3,6,9,11H2. The number of hydrogen-bond acceptors (Lipinski definition) is 5. The topological polar surface area (TPSA) is 65.1 Å². The van der Waals surface area contributed by atoms with Gasteiger partial charge in [-0.25, -0.2) is 4.79 Å². The van der Waals surface area contributed by atoms with Gasteiger partial charge >= 0.3 is 5.97 Å². The largest absolute Gasteiger partial charge is 0.454 e. The number of nitrogens with zero attached hydrogens (tertiary/aromatic N) is 1. The smallest absolute Gasteiger partial charge is 0.345 e. The van der Waals surface area contributed by atoms with Crippen LogP contribution in [0.2, 0.25) is 0 Å². The Balaban J connectivity index is 1.60. The molecule has 4 rings (SSSR count). The van der Waals surface area contributed by atoms with E-state index in [0.29, 0.717) is 41.5 Å². The zero-order chi connectivity index (χ0) is 16.5. The molecule has 2 aliphatic heterocycles. The highest BCUT2D eigenvalue weighted by Gasteiger charge is 2.26. The van der Waals surface area contributed by atoms with Crippen molar-refractivity contribution in [2.75, 3.05) is 18.2 Å². The van der Waals surface area contributed by atoms with Gasteiger partial charge in [-0.1, -0.05) is 12.1 Å². The fraction of sp³-hybridized carbons (Fsp3) is 0.222. The molecule has 0 bridgehead atoms. The number of rotatable bonds is 3. The van der Waals surface area contributed by atoms with E-state index in [1.807, 2.05) is 0 Å². The molecule has 122 valence electrons. The number of para-hydroxylation sites is 1. The molecule has 0 unspecified atom stereocenters. The summed E-state index contributed by atoms with van der Waals surface area (Å²) in [7, 11) is 0. The van der Waals surface area contributed by atoms with Crippen LogP contribution in [0.25, 0.3) is 0 Å². The molecule has 0 N–H and O–H groups in total. The third-order valence-corrected chi connectivity index (χ3v) is 4.04. The SMILES string of the molecule is O=C(Oc1ccc2c(c1)OCO2)c1ccccc1N1CCCC1=O. The van der Waals surface area contributed by atoms with Crippen LogP contribution in [0.15, 0.2) is 42.5 Å². The first-order valence-corrected chi connectivity index (χ1v) is 7.73. The van der Waals surface area contributed by atoms with Crippen LogP contribution in [0.3, 0.4) is 0 Å². The molecule has 2 aliphatic rings. The van der Waals surface area contributed by atoms with Crippen LogP contribution < -0.4 is 19.1 Å². The van der Waals surface area contributed by atoms with Gasteiger partial charge in [-0.3, -0.25) is 4.79 Å². The van der Waals surface area contributed by atoms with Crippen molar-refractivity contribution in [3.8, 4) is 17.2 Å². The van der Waals surface area contributed by atoms with Gasteiger partial charge in [0.2, 0.25) is 12.7 Å². The maximum atomic E-state index is 12.6. The van der Waals surface area contributed by atoms with E-state index in [0.717, 1.165) is 6.42 Å². The van der Waals surface area contributed by atoms with E-state index >= 15 is 0 Å². The van der Waals surface area contributed by atoms with Crippen molar-refractivity contribution in [1.29, 1.82) is 0 Å². The minimum Gasteiger partial charge on any atom is -0.454 e. The second-order valence-electron chi connectivity index (χ2n) is 5.57. The number of hydrogen-bond donors (Lipinski definition) is 0. The van der Waals surface area contributed by atoms with Gasteiger partial charge in [-0.2, -0.15) is 0 Å². The van der Waals surface area contributed by atoms with Gasteiger partial charge in [0.1, 0.15) is 5.75 Å². The fourth-order valence-electron chi connectivity index (χ4n) is 2.89. The molecule has 2 aromatic rings. The third-order valence-electron chi connectivity index (χ3n) is 4.04. The predicted molar refractivity (Wildman–Crippen MR) is 85.6 cm³/mol. The number of esters is 1. The molecule has 0 radical (unpaired) electrons. The highest BCUT2D eigenvalue weighted by molar-refractivity contribution is 6.04. The number of fused-ring (bicyclic) bond motifs is 1. The zero-order valence-electron chi connectivity index (χ0n) is 12.9. The normalized spacial score (nSPS) is 15.7. The lowest BCUT2D eigenvalue weighted by molar-refractivity contribution is -0.117. The molecule has 0 aromatic heterocycles.